The van der Waals surface area contributed by atoms with Gasteiger partial charge < -0.3 is 15.5 Å². The molecule has 0 spiro atoms. The van der Waals surface area contributed by atoms with E-state index < -0.39 is 5.41 Å². The van der Waals surface area contributed by atoms with Crippen molar-refractivity contribution >= 4 is 11.8 Å². The Bertz CT molecular complexity index is 377. The summed E-state index contributed by atoms with van der Waals surface area (Å²) in [6.07, 6.45) is 4.78. The molecule has 2 rings (SSSR count). The van der Waals surface area contributed by atoms with Crippen LogP contribution < -0.4 is 10.6 Å². The van der Waals surface area contributed by atoms with E-state index in [2.05, 4.69) is 10.6 Å². The van der Waals surface area contributed by atoms with Gasteiger partial charge in [0.05, 0.1) is 6.54 Å². The molecule has 5 heteroatoms. The lowest BCUT2D eigenvalue weighted by Gasteiger charge is -2.33. The quantitative estimate of drug-likeness (QED) is 0.799. The highest BCUT2D eigenvalue weighted by Gasteiger charge is 2.27. The number of rotatable bonds is 5. The number of nitrogens with zero attached hydrogens (tertiary/aromatic N) is 1. The van der Waals surface area contributed by atoms with Crippen molar-refractivity contribution < 1.29 is 9.59 Å². The zero-order valence-electron chi connectivity index (χ0n) is 13.6. The Morgan fingerprint density at radius 2 is 1.71 bits per heavy atom. The molecule has 21 heavy (non-hydrogen) atoms. The highest BCUT2D eigenvalue weighted by molar-refractivity contribution is 5.87. The second-order valence-electron chi connectivity index (χ2n) is 7.44. The second-order valence-corrected chi connectivity index (χ2v) is 7.44. The van der Waals surface area contributed by atoms with E-state index in [4.69, 9.17) is 0 Å². The maximum absolute atomic E-state index is 12.1. The summed E-state index contributed by atoms with van der Waals surface area (Å²) in [4.78, 5) is 25.7. The van der Waals surface area contributed by atoms with Crippen LogP contribution in [0.1, 0.15) is 46.5 Å². The summed E-state index contributed by atoms with van der Waals surface area (Å²) in [5.41, 5.74) is -0.444. The zero-order valence-corrected chi connectivity index (χ0v) is 13.6. The molecule has 1 saturated carbocycles. The van der Waals surface area contributed by atoms with Crippen molar-refractivity contribution in [3.63, 3.8) is 0 Å². The number of carbonyl (C=O) groups excluding carboxylic acids is 2. The maximum Gasteiger partial charge on any atom is 0.241 e. The number of hydrogen-bond donors (Lipinski definition) is 2. The Morgan fingerprint density at radius 3 is 2.24 bits per heavy atom. The molecule has 1 aliphatic carbocycles. The van der Waals surface area contributed by atoms with Crippen LogP contribution in [0, 0.1) is 11.3 Å². The van der Waals surface area contributed by atoms with Gasteiger partial charge in [0.1, 0.15) is 0 Å². The Kier molecular flexibility index (Phi) is 5.25. The van der Waals surface area contributed by atoms with Crippen LogP contribution in [0.5, 0.6) is 0 Å². The molecule has 2 N–H and O–H groups in total. The maximum atomic E-state index is 12.1. The minimum atomic E-state index is -0.444. The monoisotopic (exact) mass is 295 g/mol. The Labute approximate surface area is 127 Å². The van der Waals surface area contributed by atoms with Crippen molar-refractivity contribution in [1.29, 1.82) is 0 Å². The summed E-state index contributed by atoms with van der Waals surface area (Å²) in [7, 11) is 0. The Morgan fingerprint density at radius 1 is 1.10 bits per heavy atom. The predicted molar refractivity (Wildman–Crippen MR) is 82.8 cm³/mol. The van der Waals surface area contributed by atoms with Gasteiger partial charge in [-0.25, -0.2) is 0 Å². The fourth-order valence-electron chi connectivity index (χ4n) is 2.52. The molecule has 2 fully saturated rings. The van der Waals surface area contributed by atoms with Gasteiger partial charge in [0, 0.05) is 24.5 Å². The fraction of sp³-hybridized carbons (Fsp3) is 0.875. The van der Waals surface area contributed by atoms with Crippen LogP contribution in [0.2, 0.25) is 0 Å². The van der Waals surface area contributed by atoms with Gasteiger partial charge in [0.25, 0.3) is 0 Å². The summed E-state index contributed by atoms with van der Waals surface area (Å²) in [5, 5.41) is 6.34. The van der Waals surface area contributed by atoms with E-state index in [1.807, 2.05) is 25.7 Å². The zero-order chi connectivity index (χ0) is 15.5. The van der Waals surface area contributed by atoms with Crippen molar-refractivity contribution in [1.82, 2.24) is 15.5 Å². The van der Waals surface area contributed by atoms with Crippen molar-refractivity contribution in [2.45, 2.75) is 52.5 Å². The molecule has 1 saturated heterocycles. The Balaban J connectivity index is 1.64. The summed E-state index contributed by atoms with van der Waals surface area (Å²) < 4.78 is 0. The molecular weight excluding hydrogens is 266 g/mol. The first-order valence-corrected chi connectivity index (χ1v) is 8.15. The van der Waals surface area contributed by atoms with Gasteiger partial charge in [-0.1, -0.05) is 20.8 Å². The topological polar surface area (TPSA) is 61.4 Å². The molecule has 0 aromatic carbocycles. The van der Waals surface area contributed by atoms with E-state index in [1.54, 1.807) is 0 Å². The first-order chi connectivity index (χ1) is 9.86. The molecule has 2 aliphatic rings. The van der Waals surface area contributed by atoms with Crippen LogP contribution in [0.3, 0.4) is 0 Å². The number of nitrogens with one attached hydrogen (secondary N) is 2. The summed E-state index contributed by atoms with van der Waals surface area (Å²) in [6, 6.07) is 0.554. The fourth-order valence-corrected chi connectivity index (χ4v) is 2.52. The number of carbonyl (C=O) groups is 2. The van der Waals surface area contributed by atoms with E-state index in [0.717, 1.165) is 38.4 Å². The molecule has 0 unspecified atom stereocenters. The molecule has 5 nitrogen and oxygen atoms in total. The number of hydrogen-bond acceptors (Lipinski definition) is 3. The first-order valence-electron chi connectivity index (χ1n) is 8.15. The largest absolute Gasteiger partial charge is 0.347 e. The summed E-state index contributed by atoms with van der Waals surface area (Å²) in [6.45, 7) is 8.41. The highest BCUT2D eigenvalue weighted by atomic mass is 16.2. The molecule has 2 amide bonds. The average molecular weight is 295 g/mol. The van der Waals surface area contributed by atoms with E-state index in [0.29, 0.717) is 6.04 Å². The molecule has 0 atom stereocenters. The van der Waals surface area contributed by atoms with Gasteiger partial charge in [0.2, 0.25) is 11.8 Å². The van der Waals surface area contributed by atoms with Gasteiger partial charge in [-0.05, 0) is 38.1 Å². The minimum absolute atomic E-state index is 0.0354. The molecule has 1 aliphatic heterocycles. The van der Waals surface area contributed by atoms with Crippen LogP contribution in [-0.4, -0.2) is 48.9 Å². The van der Waals surface area contributed by atoms with E-state index >= 15 is 0 Å². The highest BCUT2D eigenvalue weighted by Crippen LogP contribution is 2.28. The lowest BCUT2D eigenvalue weighted by molar-refractivity contribution is -0.135. The third-order valence-corrected chi connectivity index (χ3v) is 4.32. The normalized spacial score (nSPS) is 20.4. The molecule has 120 valence electrons. The van der Waals surface area contributed by atoms with Crippen molar-refractivity contribution in [2.24, 2.45) is 11.3 Å². The van der Waals surface area contributed by atoms with Gasteiger partial charge in [-0.3, -0.25) is 9.59 Å². The lowest BCUT2D eigenvalue weighted by atomic mass is 9.96. The predicted octanol–water partition coefficient (Wildman–Crippen LogP) is 1.14. The summed E-state index contributed by atoms with van der Waals surface area (Å²) >= 11 is 0. The van der Waals surface area contributed by atoms with Gasteiger partial charge in [-0.15, -0.1) is 0 Å². The summed E-state index contributed by atoms with van der Waals surface area (Å²) in [5.74, 6) is 0.863. The smallest absolute Gasteiger partial charge is 0.241 e. The number of amides is 2. The first kappa shape index (κ1) is 16.3. The molecule has 0 aromatic rings. The molecule has 0 bridgehead atoms. The molecular formula is C16H29N3O2. The van der Waals surface area contributed by atoms with Crippen molar-refractivity contribution in [3.05, 3.63) is 0 Å². The molecule has 0 radical (unpaired) electrons. The van der Waals surface area contributed by atoms with Crippen LogP contribution in [-0.2, 0) is 9.59 Å². The van der Waals surface area contributed by atoms with Crippen LogP contribution in [0.15, 0.2) is 0 Å². The van der Waals surface area contributed by atoms with Crippen molar-refractivity contribution in [3.8, 4) is 0 Å². The van der Waals surface area contributed by atoms with Gasteiger partial charge in [-0.2, -0.15) is 0 Å². The minimum Gasteiger partial charge on any atom is -0.347 e. The average Bonchev–Trinajstić information content (AvgIpc) is 3.25. The SMILES string of the molecule is CC(C)(C)C(=O)NCC(=O)N1CCC(NCC2CC2)CC1. The van der Waals surface area contributed by atoms with E-state index in [1.165, 1.54) is 12.8 Å². The van der Waals surface area contributed by atoms with Crippen LogP contribution in [0.4, 0.5) is 0 Å². The number of likely N-dealkylation sites (tertiary alicyclic amines) is 1. The van der Waals surface area contributed by atoms with Crippen LogP contribution >= 0.6 is 0 Å². The third kappa shape index (κ3) is 5.30. The van der Waals surface area contributed by atoms with Crippen molar-refractivity contribution in [2.75, 3.05) is 26.2 Å². The third-order valence-electron chi connectivity index (χ3n) is 4.32. The lowest BCUT2D eigenvalue weighted by Crippen LogP contribution is -2.49. The second kappa shape index (κ2) is 6.77. The molecule has 1 heterocycles. The van der Waals surface area contributed by atoms with Gasteiger partial charge >= 0.3 is 0 Å². The standard InChI is InChI=1S/C16H29N3O2/c1-16(2,3)15(21)18-11-14(20)19-8-6-13(7-9-19)17-10-12-4-5-12/h12-13,17H,4-11H2,1-3H3,(H,18,21). The van der Waals surface area contributed by atoms with E-state index in [9.17, 15) is 9.59 Å². The van der Waals surface area contributed by atoms with Gasteiger partial charge in [0.15, 0.2) is 0 Å². The molecule has 0 aromatic heterocycles. The Hall–Kier alpha value is -1.10. The van der Waals surface area contributed by atoms with Crippen LogP contribution in [0.25, 0.3) is 0 Å². The number of piperidine rings is 1. The van der Waals surface area contributed by atoms with E-state index in [-0.39, 0.29) is 18.4 Å².